The predicted octanol–water partition coefficient (Wildman–Crippen LogP) is 3.75. The van der Waals surface area contributed by atoms with E-state index >= 15 is 0 Å². The van der Waals surface area contributed by atoms with E-state index in [-0.39, 0.29) is 5.82 Å². The second-order valence-electron chi connectivity index (χ2n) is 5.18. The maximum Gasteiger partial charge on any atom is 0.128 e. The van der Waals surface area contributed by atoms with Crippen molar-refractivity contribution in [3.63, 3.8) is 0 Å². The van der Waals surface area contributed by atoms with Crippen LogP contribution < -0.4 is 10.1 Å². The molecular formula is C17H18FNO. The topological polar surface area (TPSA) is 21.3 Å². The van der Waals surface area contributed by atoms with Crippen molar-refractivity contribution in [3.05, 3.63) is 53.8 Å². The summed E-state index contributed by atoms with van der Waals surface area (Å²) >= 11 is 0. The summed E-state index contributed by atoms with van der Waals surface area (Å²) in [5.74, 6) is 0.690. The molecule has 2 aromatic rings. The summed E-state index contributed by atoms with van der Waals surface area (Å²) < 4.78 is 19.7. The molecule has 0 bridgehead atoms. The van der Waals surface area contributed by atoms with Crippen molar-refractivity contribution in [3.8, 4) is 16.9 Å². The molecule has 1 aliphatic rings. The number of hydrogen-bond donors (Lipinski definition) is 1. The molecule has 2 nitrogen and oxygen atoms in total. The van der Waals surface area contributed by atoms with E-state index in [1.165, 1.54) is 0 Å². The molecule has 0 amide bonds. The number of halogens is 1. The van der Waals surface area contributed by atoms with E-state index in [0.717, 1.165) is 29.7 Å². The Hall–Kier alpha value is -1.87. The fourth-order valence-corrected chi connectivity index (χ4v) is 2.19. The first-order chi connectivity index (χ1) is 9.76. The molecule has 0 heterocycles. The summed E-state index contributed by atoms with van der Waals surface area (Å²) in [4.78, 5) is 0. The van der Waals surface area contributed by atoms with Gasteiger partial charge in [0.2, 0.25) is 0 Å². The van der Waals surface area contributed by atoms with Gasteiger partial charge in [-0.1, -0.05) is 24.3 Å². The summed E-state index contributed by atoms with van der Waals surface area (Å²) in [6, 6.07) is 13.2. The highest BCUT2D eigenvalue weighted by Crippen LogP contribution is 2.30. The van der Waals surface area contributed by atoms with Gasteiger partial charge in [0.15, 0.2) is 0 Å². The minimum Gasteiger partial charge on any atom is -0.490 e. The van der Waals surface area contributed by atoms with Gasteiger partial charge in [-0.2, -0.15) is 0 Å². The Morgan fingerprint density at radius 1 is 1.15 bits per heavy atom. The minimum absolute atomic E-state index is 0.176. The number of rotatable bonds is 5. The number of ether oxygens (including phenoxy) is 1. The maximum atomic E-state index is 14.0. The lowest BCUT2D eigenvalue weighted by molar-refractivity contribution is 0.303. The van der Waals surface area contributed by atoms with Gasteiger partial charge in [-0.15, -0.1) is 0 Å². The Kier molecular flexibility index (Phi) is 3.70. The number of nitrogens with one attached hydrogen (secondary N) is 1. The van der Waals surface area contributed by atoms with Crippen LogP contribution >= 0.6 is 0 Å². The molecular weight excluding hydrogens is 253 g/mol. The standard InChI is InChI=1S/C17H18FNO/c1-19-11-14-6-5-13(10-17(14)18)12-3-2-4-16(9-12)20-15-7-8-15/h2-6,9-10,15,19H,7-8,11H2,1H3. The Bertz CT molecular complexity index is 608. The molecule has 20 heavy (non-hydrogen) atoms. The van der Waals surface area contributed by atoms with E-state index < -0.39 is 0 Å². The van der Waals surface area contributed by atoms with Crippen LogP contribution in [0.15, 0.2) is 42.5 Å². The van der Waals surface area contributed by atoms with Crippen molar-refractivity contribution in [2.45, 2.75) is 25.5 Å². The van der Waals surface area contributed by atoms with Gasteiger partial charge in [0, 0.05) is 12.1 Å². The minimum atomic E-state index is -0.176. The van der Waals surface area contributed by atoms with Crippen molar-refractivity contribution in [2.24, 2.45) is 0 Å². The normalized spacial score (nSPS) is 14.3. The van der Waals surface area contributed by atoms with Crippen LogP contribution in [0.4, 0.5) is 4.39 Å². The summed E-state index contributed by atoms with van der Waals surface area (Å²) in [6.07, 6.45) is 2.65. The summed E-state index contributed by atoms with van der Waals surface area (Å²) in [7, 11) is 1.81. The van der Waals surface area contributed by atoms with E-state index in [1.807, 2.05) is 43.4 Å². The van der Waals surface area contributed by atoms with E-state index in [0.29, 0.717) is 18.2 Å². The van der Waals surface area contributed by atoms with Crippen LogP contribution in [0.5, 0.6) is 5.75 Å². The lowest BCUT2D eigenvalue weighted by Gasteiger charge is -2.09. The highest BCUT2D eigenvalue weighted by Gasteiger charge is 2.23. The molecule has 1 N–H and O–H groups in total. The predicted molar refractivity (Wildman–Crippen MR) is 78.2 cm³/mol. The molecule has 0 aromatic heterocycles. The summed E-state index contributed by atoms with van der Waals surface area (Å²) in [5, 5.41) is 2.96. The Balaban J connectivity index is 1.85. The highest BCUT2D eigenvalue weighted by molar-refractivity contribution is 5.65. The molecule has 3 rings (SSSR count). The van der Waals surface area contributed by atoms with Crippen LogP contribution in [-0.2, 0) is 6.54 Å². The fourth-order valence-electron chi connectivity index (χ4n) is 2.19. The number of benzene rings is 2. The second kappa shape index (κ2) is 5.63. The Labute approximate surface area is 118 Å². The molecule has 0 saturated heterocycles. The van der Waals surface area contributed by atoms with Crippen LogP contribution in [0.3, 0.4) is 0 Å². The van der Waals surface area contributed by atoms with E-state index in [4.69, 9.17) is 4.74 Å². The molecule has 1 aliphatic carbocycles. The average Bonchev–Trinajstić information content (AvgIpc) is 3.25. The van der Waals surface area contributed by atoms with Gasteiger partial charge < -0.3 is 10.1 Å². The van der Waals surface area contributed by atoms with E-state index in [1.54, 1.807) is 6.07 Å². The zero-order valence-corrected chi connectivity index (χ0v) is 11.5. The molecule has 0 aliphatic heterocycles. The van der Waals surface area contributed by atoms with Crippen molar-refractivity contribution in [2.75, 3.05) is 7.05 Å². The summed E-state index contributed by atoms with van der Waals surface area (Å²) in [5.41, 5.74) is 2.54. The molecule has 0 atom stereocenters. The van der Waals surface area contributed by atoms with Crippen LogP contribution in [0.25, 0.3) is 11.1 Å². The van der Waals surface area contributed by atoms with Crippen molar-refractivity contribution < 1.29 is 9.13 Å². The summed E-state index contributed by atoms with van der Waals surface area (Å²) in [6.45, 7) is 0.539. The van der Waals surface area contributed by atoms with Crippen LogP contribution in [0, 0.1) is 5.82 Å². The first-order valence-electron chi connectivity index (χ1n) is 6.96. The van der Waals surface area contributed by atoms with Gasteiger partial charge in [-0.25, -0.2) is 4.39 Å². The van der Waals surface area contributed by atoms with E-state index in [9.17, 15) is 4.39 Å². The van der Waals surface area contributed by atoms with Crippen molar-refractivity contribution >= 4 is 0 Å². The molecule has 0 spiro atoms. The molecule has 0 unspecified atom stereocenters. The molecule has 2 aromatic carbocycles. The molecule has 104 valence electrons. The van der Waals surface area contributed by atoms with Gasteiger partial charge in [0.25, 0.3) is 0 Å². The smallest absolute Gasteiger partial charge is 0.128 e. The van der Waals surface area contributed by atoms with E-state index in [2.05, 4.69) is 5.32 Å². The maximum absolute atomic E-state index is 14.0. The first-order valence-corrected chi connectivity index (χ1v) is 6.96. The molecule has 3 heteroatoms. The monoisotopic (exact) mass is 271 g/mol. The van der Waals surface area contributed by atoms with Gasteiger partial charge in [0.05, 0.1) is 6.10 Å². The second-order valence-corrected chi connectivity index (χ2v) is 5.18. The zero-order valence-electron chi connectivity index (χ0n) is 11.5. The third kappa shape index (κ3) is 2.99. The lowest BCUT2D eigenvalue weighted by Crippen LogP contribution is -2.06. The highest BCUT2D eigenvalue weighted by atomic mass is 19.1. The first kappa shape index (κ1) is 13.1. The zero-order chi connectivity index (χ0) is 13.9. The van der Waals surface area contributed by atoms with Gasteiger partial charge >= 0.3 is 0 Å². The van der Waals surface area contributed by atoms with Gasteiger partial charge in [0.1, 0.15) is 11.6 Å². The molecule has 0 radical (unpaired) electrons. The van der Waals surface area contributed by atoms with Gasteiger partial charge in [-0.05, 0) is 49.2 Å². The Morgan fingerprint density at radius 2 is 1.95 bits per heavy atom. The third-order valence-corrected chi connectivity index (χ3v) is 3.41. The van der Waals surface area contributed by atoms with Crippen molar-refractivity contribution in [1.29, 1.82) is 0 Å². The fraction of sp³-hybridized carbons (Fsp3) is 0.294. The van der Waals surface area contributed by atoms with Gasteiger partial charge in [-0.3, -0.25) is 0 Å². The van der Waals surface area contributed by atoms with Crippen LogP contribution in [-0.4, -0.2) is 13.2 Å². The quantitative estimate of drug-likeness (QED) is 0.894. The van der Waals surface area contributed by atoms with Crippen LogP contribution in [0.1, 0.15) is 18.4 Å². The Morgan fingerprint density at radius 3 is 2.65 bits per heavy atom. The largest absolute Gasteiger partial charge is 0.490 e. The lowest BCUT2D eigenvalue weighted by atomic mass is 10.0. The third-order valence-electron chi connectivity index (χ3n) is 3.41. The van der Waals surface area contributed by atoms with Crippen molar-refractivity contribution in [1.82, 2.24) is 5.32 Å². The molecule has 1 saturated carbocycles. The van der Waals surface area contributed by atoms with Crippen LogP contribution in [0.2, 0.25) is 0 Å². The average molecular weight is 271 g/mol. The number of hydrogen-bond acceptors (Lipinski definition) is 2. The molecule has 1 fully saturated rings. The SMILES string of the molecule is CNCc1ccc(-c2cccc(OC3CC3)c2)cc1F.